The number of benzene rings is 2. The topological polar surface area (TPSA) is 63.6 Å². The van der Waals surface area contributed by atoms with Crippen molar-refractivity contribution in [2.75, 3.05) is 6.61 Å². The molecule has 0 aliphatic rings. The summed E-state index contributed by atoms with van der Waals surface area (Å²) < 4.78 is 5.13. The Bertz CT molecular complexity index is 694. The number of esters is 1. The minimum Gasteiger partial charge on any atom is -0.507 e. The lowest BCUT2D eigenvalue weighted by Gasteiger charge is -2.07. The van der Waals surface area contributed by atoms with Gasteiger partial charge < -0.3 is 9.84 Å². The number of halogens is 1. The van der Waals surface area contributed by atoms with Crippen LogP contribution in [-0.4, -0.2) is 22.9 Å². The maximum atomic E-state index is 11.9. The van der Waals surface area contributed by atoms with Gasteiger partial charge in [0, 0.05) is 10.9 Å². The molecule has 0 atom stereocenters. The Labute approximate surface area is 127 Å². The zero-order valence-electron chi connectivity index (χ0n) is 11.6. The lowest BCUT2D eigenvalue weighted by molar-refractivity contribution is 0.0500. The number of unbranched alkanes of at least 4 members (excludes halogenated alkanes) is 1. The highest BCUT2D eigenvalue weighted by Gasteiger charge is 2.12. The number of carbonyl (C=O) groups excluding carboxylic acids is 2. The first-order valence-electron chi connectivity index (χ1n) is 6.66. The molecule has 0 radical (unpaired) electrons. The number of ether oxygens (including phenoxy) is 1. The van der Waals surface area contributed by atoms with Gasteiger partial charge in [0.1, 0.15) is 5.75 Å². The van der Waals surface area contributed by atoms with Crippen molar-refractivity contribution in [2.45, 2.75) is 19.8 Å². The Hall–Kier alpha value is -2.07. The predicted molar refractivity (Wildman–Crippen MR) is 81.0 cm³/mol. The molecule has 0 fully saturated rings. The number of carbonyl (C=O) groups is 2. The van der Waals surface area contributed by atoms with Crippen LogP contribution in [0.1, 0.15) is 40.5 Å². The monoisotopic (exact) mass is 306 g/mol. The molecular formula is C16H15ClO4. The first kappa shape index (κ1) is 15.3. The Morgan fingerprint density at radius 1 is 1.19 bits per heavy atom. The van der Waals surface area contributed by atoms with Crippen LogP contribution in [0.5, 0.6) is 5.75 Å². The number of phenols is 1. The minimum atomic E-state index is -0.664. The van der Waals surface area contributed by atoms with Gasteiger partial charge in [-0.25, -0.2) is 4.79 Å². The van der Waals surface area contributed by atoms with Crippen molar-refractivity contribution in [1.29, 1.82) is 0 Å². The second-order valence-electron chi connectivity index (χ2n) is 4.69. The summed E-state index contributed by atoms with van der Waals surface area (Å²) in [5.74, 6) is -0.477. The van der Waals surface area contributed by atoms with Crippen LogP contribution >= 0.6 is 11.6 Å². The van der Waals surface area contributed by atoms with Crippen molar-refractivity contribution < 1.29 is 19.4 Å². The number of fused-ring (bicyclic) bond motifs is 1. The van der Waals surface area contributed by atoms with E-state index in [2.05, 4.69) is 0 Å². The fraction of sp³-hybridized carbons (Fsp3) is 0.250. The van der Waals surface area contributed by atoms with Crippen LogP contribution in [-0.2, 0) is 4.74 Å². The summed E-state index contributed by atoms with van der Waals surface area (Å²) in [6, 6.07) is 7.61. The first-order valence-corrected chi connectivity index (χ1v) is 7.04. The Balaban J connectivity index is 2.36. The van der Waals surface area contributed by atoms with Crippen LogP contribution in [0.3, 0.4) is 0 Å². The average Bonchev–Trinajstić information content (AvgIpc) is 2.46. The summed E-state index contributed by atoms with van der Waals surface area (Å²) in [5.41, 5.74) is 0.551. The molecule has 0 spiro atoms. The van der Waals surface area contributed by atoms with Crippen molar-refractivity contribution in [3.05, 3.63) is 41.5 Å². The van der Waals surface area contributed by atoms with E-state index in [-0.39, 0.29) is 11.3 Å². The maximum absolute atomic E-state index is 11.9. The van der Waals surface area contributed by atoms with E-state index in [0.717, 1.165) is 12.8 Å². The van der Waals surface area contributed by atoms with Crippen molar-refractivity contribution >= 4 is 33.6 Å². The molecule has 0 bridgehead atoms. The minimum absolute atomic E-state index is 0.0533. The largest absolute Gasteiger partial charge is 0.507 e. The first-order chi connectivity index (χ1) is 10.0. The van der Waals surface area contributed by atoms with Gasteiger partial charge in [0.25, 0.3) is 5.24 Å². The van der Waals surface area contributed by atoms with Gasteiger partial charge in [-0.1, -0.05) is 13.3 Å². The molecule has 110 valence electrons. The summed E-state index contributed by atoms with van der Waals surface area (Å²) in [7, 11) is 0. The third-order valence-electron chi connectivity index (χ3n) is 3.12. The van der Waals surface area contributed by atoms with Crippen molar-refractivity contribution in [2.24, 2.45) is 0 Å². The predicted octanol–water partition coefficient (Wildman–Crippen LogP) is 3.88. The molecule has 2 rings (SSSR count). The molecule has 21 heavy (non-hydrogen) atoms. The number of hydrogen-bond acceptors (Lipinski definition) is 4. The summed E-state index contributed by atoms with van der Waals surface area (Å²) in [6.07, 6.45) is 1.76. The van der Waals surface area contributed by atoms with E-state index in [0.29, 0.717) is 22.9 Å². The third kappa shape index (κ3) is 3.52. The van der Waals surface area contributed by atoms with Crippen LogP contribution in [0.15, 0.2) is 30.3 Å². The number of phenolic OH excluding ortho intramolecular Hbond substituents is 1. The van der Waals surface area contributed by atoms with Gasteiger partial charge >= 0.3 is 5.97 Å². The Morgan fingerprint density at radius 2 is 1.90 bits per heavy atom. The molecule has 5 heteroatoms. The van der Waals surface area contributed by atoms with E-state index in [1.54, 1.807) is 18.2 Å². The zero-order chi connectivity index (χ0) is 15.4. The van der Waals surface area contributed by atoms with Gasteiger partial charge in [0.2, 0.25) is 0 Å². The van der Waals surface area contributed by atoms with Crippen LogP contribution in [0.4, 0.5) is 0 Å². The second-order valence-corrected chi connectivity index (χ2v) is 5.04. The van der Waals surface area contributed by atoms with Gasteiger partial charge in [0.15, 0.2) is 0 Å². The molecule has 0 saturated carbocycles. The van der Waals surface area contributed by atoms with Crippen LogP contribution < -0.4 is 0 Å². The molecule has 2 aromatic rings. The van der Waals surface area contributed by atoms with Crippen LogP contribution in [0.25, 0.3) is 10.8 Å². The summed E-state index contributed by atoms with van der Waals surface area (Å²) >= 11 is 5.42. The van der Waals surface area contributed by atoms with Gasteiger partial charge in [0.05, 0.1) is 12.2 Å². The summed E-state index contributed by atoms with van der Waals surface area (Å²) in [5, 5.41) is 10.3. The van der Waals surface area contributed by atoms with E-state index < -0.39 is 11.2 Å². The molecule has 4 nitrogen and oxygen atoms in total. The smallest absolute Gasteiger partial charge is 0.338 e. The van der Waals surface area contributed by atoms with Crippen molar-refractivity contribution in [3.63, 3.8) is 0 Å². The molecule has 0 saturated heterocycles. The fourth-order valence-corrected chi connectivity index (χ4v) is 2.09. The lowest BCUT2D eigenvalue weighted by atomic mass is 10.0. The van der Waals surface area contributed by atoms with Crippen LogP contribution in [0, 0.1) is 0 Å². The third-order valence-corrected chi connectivity index (χ3v) is 3.34. The van der Waals surface area contributed by atoms with Crippen molar-refractivity contribution in [1.82, 2.24) is 0 Å². The quantitative estimate of drug-likeness (QED) is 0.517. The Morgan fingerprint density at radius 3 is 2.57 bits per heavy atom. The molecule has 2 aromatic carbocycles. The van der Waals surface area contributed by atoms with Gasteiger partial charge in [-0.15, -0.1) is 0 Å². The normalized spacial score (nSPS) is 10.6. The van der Waals surface area contributed by atoms with Gasteiger partial charge in [-0.3, -0.25) is 4.79 Å². The Kier molecular flexibility index (Phi) is 4.81. The molecule has 0 amide bonds. The molecule has 0 aliphatic carbocycles. The highest BCUT2D eigenvalue weighted by molar-refractivity contribution is 6.67. The molecular weight excluding hydrogens is 292 g/mol. The number of hydrogen-bond donors (Lipinski definition) is 1. The fourth-order valence-electron chi connectivity index (χ4n) is 1.98. The highest BCUT2D eigenvalue weighted by Crippen LogP contribution is 2.28. The standard InChI is InChI=1S/C16H15ClO4/c1-2-3-6-21-16(20)10-4-5-13-11(7-10)8-12(15(17)19)9-14(13)18/h4-5,7-9,18H,2-3,6H2,1H3. The summed E-state index contributed by atoms with van der Waals surface area (Å²) in [6.45, 7) is 2.39. The number of rotatable bonds is 5. The van der Waals surface area contributed by atoms with E-state index in [9.17, 15) is 14.7 Å². The second kappa shape index (κ2) is 6.59. The highest BCUT2D eigenvalue weighted by atomic mass is 35.5. The van der Waals surface area contributed by atoms with Crippen LogP contribution in [0.2, 0.25) is 0 Å². The molecule has 0 aromatic heterocycles. The van der Waals surface area contributed by atoms with E-state index in [1.807, 2.05) is 6.92 Å². The molecule has 0 heterocycles. The molecule has 1 N–H and O–H groups in total. The zero-order valence-corrected chi connectivity index (χ0v) is 12.3. The maximum Gasteiger partial charge on any atom is 0.338 e. The van der Waals surface area contributed by atoms with Gasteiger partial charge in [-0.05, 0) is 53.7 Å². The molecule has 0 aliphatic heterocycles. The summed E-state index contributed by atoms with van der Waals surface area (Å²) in [4.78, 5) is 23.1. The van der Waals surface area contributed by atoms with Crippen molar-refractivity contribution in [3.8, 4) is 5.75 Å². The van der Waals surface area contributed by atoms with Gasteiger partial charge in [-0.2, -0.15) is 0 Å². The van der Waals surface area contributed by atoms with E-state index in [4.69, 9.17) is 16.3 Å². The SMILES string of the molecule is CCCCOC(=O)c1ccc2c(O)cc(C(=O)Cl)cc2c1. The van der Waals surface area contributed by atoms with E-state index >= 15 is 0 Å². The molecule has 0 unspecified atom stereocenters. The average molecular weight is 307 g/mol. The lowest BCUT2D eigenvalue weighted by Crippen LogP contribution is -2.06. The number of aromatic hydroxyl groups is 1. The van der Waals surface area contributed by atoms with E-state index in [1.165, 1.54) is 12.1 Å².